The fraction of sp³-hybridized carbons (Fsp3) is 0.750. The molecule has 0 N–H and O–H groups in total. The normalized spacial score (nSPS) is 22.0. The Bertz CT molecular complexity index is 527. The van der Waals surface area contributed by atoms with Gasteiger partial charge in [0.25, 0.3) is 0 Å². The smallest absolute Gasteiger partial charge is 0.225 e. The summed E-state index contributed by atoms with van der Waals surface area (Å²) < 4.78 is 0. The molecule has 25 heavy (non-hydrogen) atoms. The van der Waals surface area contributed by atoms with Crippen molar-refractivity contribution in [3.05, 3.63) is 18.0 Å². The number of nitrogens with zero attached hydrogens (tertiary/aromatic N) is 4. The van der Waals surface area contributed by atoms with E-state index in [4.69, 9.17) is 0 Å². The minimum atomic E-state index is 0.482. The lowest BCUT2D eigenvalue weighted by molar-refractivity contribution is -0.121. The highest BCUT2D eigenvalue weighted by molar-refractivity contribution is 5.47. The standard InChI is InChI=1S/C20H32N4O/c1-2-17-13-21-20(22-14-17)23-11-6-7-18(15-23)10-12-24(16-25)19-8-4-3-5-9-19/h13-14,16,18-19H,2-12,15H2,1H3. The molecule has 2 fully saturated rings. The predicted octanol–water partition coefficient (Wildman–Crippen LogP) is 3.44. The number of aryl methyl sites for hydroxylation is 1. The van der Waals surface area contributed by atoms with Gasteiger partial charge in [-0.25, -0.2) is 9.97 Å². The van der Waals surface area contributed by atoms with Gasteiger partial charge in [-0.15, -0.1) is 0 Å². The van der Waals surface area contributed by atoms with E-state index in [1.807, 2.05) is 12.4 Å². The number of hydrogen-bond donors (Lipinski definition) is 0. The molecular weight excluding hydrogens is 312 g/mol. The van der Waals surface area contributed by atoms with E-state index in [0.717, 1.165) is 44.8 Å². The van der Waals surface area contributed by atoms with Crippen molar-refractivity contribution in [3.63, 3.8) is 0 Å². The Balaban J connectivity index is 1.51. The van der Waals surface area contributed by atoms with Gasteiger partial charge in [0.1, 0.15) is 0 Å². The van der Waals surface area contributed by atoms with Gasteiger partial charge in [-0.3, -0.25) is 4.79 Å². The van der Waals surface area contributed by atoms with Crippen LogP contribution in [0, 0.1) is 5.92 Å². The quantitative estimate of drug-likeness (QED) is 0.711. The molecule has 3 rings (SSSR count). The molecule has 0 radical (unpaired) electrons. The zero-order valence-corrected chi connectivity index (χ0v) is 15.6. The van der Waals surface area contributed by atoms with E-state index in [1.165, 1.54) is 50.5 Å². The fourth-order valence-electron chi connectivity index (χ4n) is 4.24. The van der Waals surface area contributed by atoms with Gasteiger partial charge in [-0.1, -0.05) is 26.2 Å². The van der Waals surface area contributed by atoms with Crippen molar-refractivity contribution in [2.75, 3.05) is 24.5 Å². The number of hydrogen-bond acceptors (Lipinski definition) is 4. The van der Waals surface area contributed by atoms with Crippen molar-refractivity contribution >= 4 is 12.4 Å². The first-order valence-electron chi connectivity index (χ1n) is 10.1. The van der Waals surface area contributed by atoms with Crippen molar-refractivity contribution in [3.8, 4) is 0 Å². The van der Waals surface area contributed by atoms with E-state index in [9.17, 15) is 4.79 Å². The summed E-state index contributed by atoms with van der Waals surface area (Å²) in [5.74, 6) is 1.50. The SMILES string of the molecule is CCc1cnc(N2CCCC(CCN(C=O)C3CCCCC3)C2)nc1. The minimum absolute atomic E-state index is 0.482. The molecule has 1 unspecified atom stereocenters. The van der Waals surface area contributed by atoms with Crippen molar-refractivity contribution in [2.24, 2.45) is 5.92 Å². The number of carbonyl (C=O) groups excluding carboxylic acids is 1. The molecule has 0 bridgehead atoms. The molecule has 0 aromatic carbocycles. The van der Waals surface area contributed by atoms with Crippen molar-refractivity contribution in [1.29, 1.82) is 0 Å². The monoisotopic (exact) mass is 344 g/mol. The van der Waals surface area contributed by atoms with E-state index >= 15 is 0 Å². The molecule has 1 amide bonds. The van der Waals surface area contributed by atoms with Crippen LogP contribution in [0.15, 0.2) is 12.4 Å². The molecule has 2 aliphatic rings. The minimum Gasteiger partial charge on any atom is -0.342 e. The topological polar surface area (TPSA) is 49.3 Å². The molecule has 5 nitrogen and oxygen atoms in total. The Kier molecular flexibility index (Phi) is 6.65. The van der Waals surface area contributed by atoms with Crippen LogP contribution in [0.3, 0.4) is 0 Å². The molecule has 1 aliphatic heterocycles. The van der Waals surface area contributed by atoms with Crippen LogP contribution in [0.2, 0.25) is 0 Å². The number of carbonyl (C=O) groups is 1. The summed E-state index contributed by atoms with van der Waals surface area (Å²) in [5, 5.41) is 0. The average molecular weight is 345 g/mol. The number of aromatic nitrogens is 2. The molecular formula is C20H32N4O. The second kappa shape index (κ2) is 9.16. The average Bonchev–Trinajstić information content (AvgIpc) is 2.69. The highest BCUT2D eigenvalue weighted by Gasteiger charge is 2.24. The largest absolute Gasteiger partial charge is 0.342 e. The van der Waals surface area contributed by atoms with E-state index in [1.54, 1.807) is 0 Å². The third-order valence-electron chi connectivity index (χ3n) is 5.88. The maximum Gasteiger partial charge on any atom is 0.225 e. The lowest BCUT2D eigenvalue weighted by Crippen LogP contribution is -2.40. The summed E-state index contributed by atoms with van der Waals surface area (Å²) in [6, 6.07) is 0.482. The van der Waals surface area contributed by atoms with Gasteiger partial charge in [0, 0.05) is 38.1 Å². The van der Waals surface area contributed by atoms with Gasteiger partial charge in [-0.2, -0.15) is 0 Å². The Morgan fingerprint density at radius 3 is 2.60 bits per heavy atom. The summed E-state index contributed by atoms with van der Waals surface area (Å²) >= 11 is 0. The van der Waals surface area contributed by atoms with Gasteiger partial charge in [0.2, 0.25) is 12.4 Å². The molecule has 1 aromatic rings. The summed E-state index contributed by atoms with van der Waals surface area (Å²) in [6.45, 7) is 5.09. The van der Waals surface area contributed by atoms with Crippen molar-refractivity contribution in [2.45, 2.75) is 70.8 Å². The van der Waals surface area contributed by atoms with Crippen LogP contribution in [0.5, 0.6) is 0 Å². The molecule has 1 aromatic heterocycles. The molecule has 5 heteroatoms. The highest BCUT2D eigenvalue weighted by atomic mass is 16.1. The highest BCUT2D eigenvalue weighted by Crippen LogP contribution is 2.25. The number of anilines is 1. The predicted molar refractivity (Wildman–Crippen MR) is 101 cm³/mol. The van der Waals surface area contributed by atoms with Crippen molar-refractivity contribution < 1.29 is 4.79 Å². The van der Waals surface area contributed by atoms with Gasteiger partial charge in [-0.05, 0) is 50.0 Å². The molecule has 2 heterocycles. The number of rotatable bonds is 7. The Labute approximate surface area is 151 Å². The van der Waals surface area contributed by atoms with Crippen LogP contribution in [0.25, 0.3) is 0 Å². The number of amides is 1. The summed E-state index contributed by atoms with van der Waals surface area (Å²) in [7, 11) is 0. The van der Waals surface area contributed by atoms with Gasteiger partial charge >= 0.3 is 0 Å². The van der Waals surface area contributed by atoms with Crippen LogP contribution in [-0.4, -0.2) is 47.0 Å². The molecule has 1 aliphatic carbocycles. The lowest BCUT2D eigenvalue weighted by Gasteiger charge is -2.35. The molecule has 1 saturated heterocycles. The molecule has 0 spiro atoms. The first kappa shape index (κ1) is 18.2. The zero-order chi connectivity index (χ0) is 17.5. The van der Waals surface area contributed by atoms with Crippen LogP contribution in [0.1, 0.15) is 63.9 Å². The first-order chi connectivity index (χ1) is 12.3. The molecule has 1 atom stereocenters. The lowest BCUT2D eigenvalue weighted by atomic mass is 9.92. The summed E-state index contributed by atoms with van der Waals surface area (Å²) in [4.78, 5) is 25.0. The Morgan fingerprint density at radius 2 is 1.92 bits per heavy atom. The van der Waals surface area contributed by atoms with Gasteiger partial charge in [0.15, 0.2) is 0 Å². The zero-order valence-electron chi connectivity index (χ0n) is 15.6. The molecule has 138 valence electrons. The third-order valence-corrected chi connectivity index (χ3v) is 5.88. The third kappa shape index (κ3) is 4.93. The second-order valence-electron chi connectivity index (χ2n) is 7.62. The summed E-state index contributed by atoms with van der Waals surface area (Å²) in [6.07, 6.45) is 15.8. The maximum absolute atomic E-state index is 11.5. The van der Waals surface area contributed by atoms with Crippen LogP contribution in [-0.2, 0) is 11.2 Å². The summed E-state index contributed by atoms with van der Waals surface area (Å²) in [5.41, 5.74) is 1.19. The van der Waals surface area contributed by atoms with Crippen LogP contribution in [0.4, 0.5) is 5.95 Å². The Hall–Kier alpha value is -1.65. The Morgan fingerprint density at radius 1 is 1.16 bits per heavy atom. The van der Waals surface area contributed by atoms with E-state index in [-0.39, 0.29) is 0 Å². The van der Waals surface area contributed by atoms with Crippen LogP contribution >= 0.6 is 0 Å². The van der Waals surface area contributed by atoms with Gasteiger partial charge in [0.05, 0.1) is 0 Å². The van der Waals surface area contributed by atoms with Gasteiger partial charge < -0.3 is 9.80 Å². The van der Waals surface area contributed by atoms with E-state index in [2.05, 4.69) is 26.7 Å². The number of piperidine rings is 1. The fourth-order valence-corrected chi connectivity index (χ4v) is 4.24. The van der Waals surface area contributed by atoms with E-state index < -0.39 is 0 Å². The van der Waals surface area contributed by atoms with Crippen molar-refractivity contribution in [1.82, 2.24) is 14.9 Å². The van der Waals surface area contributed by atoms with E-state index in [0.29, 0.717) is 12.0 Å². The first-order valence-corrected chi connectivity index (χ1v) is 10.1. The molecule has 1 saturated carbocycles. The second-order valence-corrected chi connectivity index (χ2v) is 7.62. The van der Waals surface area contributed by atoms with Crippen LogP contribution < -0.4 is 4.90 Å². The maximum atomic E-state index is 11.5.